The molecule has 166 valence electrons. The van der Waals surface area contributed by atoms with Crippen molar-refractivity contribution in [2.45, 2.75) is 51.1 Å². The lowest BCUT2D eigenvalue weighted by Crippen LogP contribution is -2.46. The van der Waals surface area contributed by atoms with Crippen LogP contribution in [0.4, 0.5) is 0 Å². The lowest BCUT2D eigenvalue weighted by atomic mass is 10.1. The first kappa shape index (κ1) is 24.2. The Morgan fingerprint density at radius 1 is 1.21 bits per heavy atom. The summed E-state index contributed by atoms with van der Waals surface area (Å²) in [7, 11) is 3.49. The van der Waals surface area contributed by atoms with Gasteiger partial charge in [-0.3, -0.25) is 14.5 Å². The summed E-state index contributed by atoms with van der Waals surface area (Å²) in [4.78, 5) is 34.7. The molecular weight excluding hydrogens is 483 g/mol. The number of guanidine groups is 1. The zero-order valence-corrected chi connectivity index (χ0v) is 20.4. The molecule has 1 saturated carbocycles. The number of aliphatic imine (C=N–C) groups is 1. The Balaban J connectivity index is 0.00000300. The van der Waals surface area contributed by atoms with Crippen LogP contribution in [-0.2, 0) is 9.59 Å². The number of hydrogen-bond donors (Lipinski definition) is 2. The molecule has 0 aromatic carbocycles. The van der Waals surface area contributed by atoms with Gasteiger partial charge in [-0.1, -0.05) is 6.92 Å². The predicted molar refractivity (Wildman–Crippen MR) is 126 cm³/mol. The number of nitrogens with zero attached hydrogens (tertiary/aromatic N) is 4. The minimum absolute atomic E-state index is 0. The smallest absolute Gasteiger partial charge is 0.243 e. The van der Waals surface area contributed by atoms with Crippen molar-refractivity contribution in [2.24, 2.45) is 10.9 Å². The summed E-state index contributed by atoms with van der Waals surface area (Å²) in [5.74, 6) is 1.25. The highest BCUT2D eigenvalue weighted by Crippen LogP contribution is 2.32. The van der Waals surface area contributed by atoms with Gasteiger partial charge in [0.2, 0.25) is 11.8 Å². The number of likely N-dealkylation sites (tertiary alicyclic amines) is 2. The van der Waals surface area contributed by atoms with Crippen molar-refractivity contribution in [2.75, 3.05) is 53.4 Å². The van der Waals surface area contributed by atoms with Crippen LogP contribution in [0.1, 0.15) is 39.0 Å². The van der Waals surface area contributed by atoms with Gasteiger partial charge < -0.3 is 20.4 Å². The van der Waals surface area contributed by atoms with Crippen molar-refractivity contribution in [3.05, 3.63) is 0 Å². The molecule has 2 N–H and O–H groups in total. The number of rotatable bonds is 8. The summed E-state index contributed by atoms with van der Waals surface area (Å²) in [6.45, 7) is 6.92. The van der Waals surface area contributed by atoms with Gasteiger partial charge in [0.15, 0.2) is 5.96 Å². The molecule has 2 heterocycles. The van der Waals surface area contributed by atoms with Gasteiger partial charge in [0.25, 0.3) is 0 Å². The average Bonchev–Trinajstić information content (AvgIpc) is 3.30. The van der Waals surface area contributed by atoms with Crippen LogP contribution < -0.4 is 10.6 Å². The molecule has 2 atom stereocenters. The third-order valence-electron chi connectivity index (χ3n) is 6.07. The Labute approximate surface area is 191 Å². The number of amides is 2. The van der Waals surface area contributed by atoms with Gasteiger partial charge in [-0.05, 0) is 38.8 Å². The predicted octanol–water partition coefficient (Wildman–Crippen LogP) is 0.723. The summed E-state index contributed by atoms with van der Waals surface area (Å²) in [6, 6.07) is 1.00. The van der Waals surface area contributed by atoms with E-state index in [9.17, 15) is 9.59 Å². The summed E-state index contributed by atoms with van der Waals surface area (Å²) >= 11 is 0. The molecule has 3 fully saturated rings. The number of carbonyl (C=O) groups excluding carboxylic acids is 2. The summed E-state index contributed by atoms with van der Waals surface area (Å²) in [5.41, 5.74) is 0. The lowest BCUT2D eigenvalue weighted by molar-refractivity contribution is -0.128. The first-order valence-electron chi connectivity index (χ1n) is 10.7. The quantitative estimate of drug-likeness (QED) is 0.280. The van der Waals surface area contributed by atoms with Crippen LogP contribution in [0, 0.1) is 5.92 Å². The molecule has 0 aromatic heterocycles. The first-order chi connectivity index (χ1) is 13.5. The molecule has 0 aromatic rings. The molecule has 2 unspecified atom stereocenters. The van der Waals surface area contributed by atoms with E-state index in [1.807, 2.05) is 4.90 Å². The topological polar surface area (TPSA) is 80.3 Å². The molecule has 0 spiro atoms. The third kappa shape index (κ3) is 6.97. The minimum atomic E-state index is -0.0203. The van der Waals surface area contributed by atoms with Gasteiger partial charge >= 0.3 is 0 Å². The molecule has 1 aliphatic carbocycles. The van der Waals surface area contributed by atoms with Crippen molar-refractivity contribution in [1.29, 1.82) is 0 Å². The van der Waals surface area contributed by atoms with E-state index < -0.39 is 0 Å². The molecule has 3 rings (SSSR count). The van der Waals surface area contributed by atoms with E-state index in [0.29, 0.717) is 36.9 Å². The monoisotopic (exact) mass is 520 g/mol. The zero-order valence-electron chi connectivity index (χ0n) is 18.0. The van der Waals surface area contributed by atoms with E-state index in [1.54, 1.807) is 19.0 Å². The van der Waals surface area contributed by atoms with E-state index in [1.165, 1.54) is 12.8 Å². The van der Waals surface area contributed by atoms with Crippen LogP contribution in [0.5, 0.6) is 0 Å². The minimum Gasteiger partial charge on any atom is -0.356 e. The van der Waals surface area contributed by atoms with Crippen LogP contribution in [0.15, 0.2) is 4.99 Å². The van der Waals surface area contributed by atoms with E-state index >= 15 is 0 Å². The number of nitrogens with one attached hydrogen (secondary N) is 2. The first-order valence-corrected chi connectivity index (χ1v) is 10.7. The van der Waals surface area contributed by atoms with Gasteiger partial charge in [-0.25, -0.2) is 4.99 Å². The van der Waals surface area contributed by atoms with Crippen LogP contribution in [0.3, 0.4) is 0 Å². The summed E-state index contributed by atoms with van der Waals surface area (Å²) in [5, 5.41) is 6.81. The van der Waals surface area contributed by atoms with Crippen LogP contribution in [-0.4, -0.2) is 97.9 Å². The molecule has 2 saturated heterocycles. The normalized spacial score (nSPS) is 25.1. The highest BCUT2D eigenvalue weighted by molar-refractivity contribution is 14.0. The molecule has 0 radical (unpaired) electrons. The van der Waals surface area contributed by atoms with Gasteiger partial charge in [0, 0.05) is 58.2 Å². The largest absolute Gasteiger partial charge is 0.356 e. The number of carbonyl (C=O) groups is 2. The highest BCUT2D eigenvalue weighted by atomic mass is 127. The maximum Gasteiger partial charge on any atom is 0.243 e. The van der Waals surface area contributed by atoms with Crippen molar-refractivity contribution in [1.82, 2.24) is 25.3 Å². The van der Waals surface area contributed by atoms with Gasteiger partial charge in [0.05, 0.1) is 0 Å². The van der Waals surface area contributed by atoms with Crippen LogP contribution in [0.25, 0.3) is 0 Å². The van der Waals surface area contributed by atoms with Gasteiger partial charge in [-0.15, -0.1) is 24.0 Å². The third-order valence-corrected chi connectivity index (χ3v) is 6.07. The molecule has 0 bridgehead atoms. The number of hydrogen-bond acceptors (Lipinski definition) is 4. The SMILES string of the molecule is CCN1CCCC1CNC(=NCC(=O)N(C)C)NCC1CC(=O)N(C2CC2)C1.I. The average molecular weight is 520 g/mol. The second-order valence-electron chi connectivity index (χ2n) is 8.49. The van der Waals surface area contributed by atoms with Crippen molar-refractivity contribution in [3.63, 3.8) is 0 Å². The fourth-order valence-corrected chi connectivity index (χ4v) is 4.14. The maximum absolute atomic E-state index is 12.2. The number of likely N-dealkylation sites (N-methyl/N-ethyl adjacent to an activating group) is 2. The molecular formula is C20H37IN6O2. The molecule has 3 aliphatic rings. The van der Waals surface area contributed by atoms with Crippen LogP contribution >= 0.6 is 24.0 Å². The fraction of sp³-hybridized carbons (Fsp3) is 0.850. The van der Waals surface area contributed by atoms with E-state index in [4.69, 9.17) is 0 Å². The van der Waals surface area contributed by atoms with Gasteiger partial charge in [0.1, 0.15) is 6.54 Å². The highest BCUT2D eigenvalue weighted by Gasteiger charge is 2.39. The Hall–Kier alpha value is -1.10. The van der Waals surface area contributed by atoms with Crippen molar-refractivity contribution in [3.8, 4) is 0 Å². The molecule has 2 aliphatic heterocycles. The summed E-state index contributed by atoms with van der Waals surface area (Å²) < 4.78 is 0. The molecule has 2 amide bonds. The molecule has 8 nitrogen and oxygen atoms in total. The van der Waals surface area contributed by atoms with Crippen molar-refractivity contribution >= 4 is 41.8 Å². The van der Waals surface area contributed by atoms with Gasteiger partial charge in [-0.2, -0.15) is 0 Å². The Bertz CT molecular complexity index is 596. The fourth-order valence-electron chi connectivity index (χ4n) is 4.14. The second kappa shape index (κ2) is 11.3. The lowest BCUT2D eigenvalue weighted by Gasteiger charge is -2.24. The van der Waals surface area contributed by atoms with E-state index in [0.717, 1.165) is 39.0 Å². The Morgan fingerprint density at radius 2 is 1.93 bits per heavy atom. The molecule has 29 heavy (non-hydrogen) atoms. The number of halogens is 1. The Morgan fingerprint density at radius 3 is 2.59 bits per heavy atom. The second-order valence-corrected chi connectivity index (χ2v) is 8.49. The van der Waals surface area contributed by atoms with E-state index in [-0.39, 0.29) is 42.3 Å². The van der Waals surface area contributed by atoms with Crippen LogP contribution in [0.2, 0.25) is 0 Å². The van der Waals surface area contributed by atoms with Crippen molar-refractivity contribution < 1.29 is 9.59 Å². The maximum atomic E-state index is 12.2. The Kier molecular flexibility index (Phi) is 9.45. The van der Waals surface area contributed by atoms with E-state index in [2.05, 4.69) is 27.4 Å². The molecule has 9 heteroatoms. The standard InChI is InChI=1S/C20H36N6O2.HI/c1-4-25-9-5-6-17(25)12-22-20(23-13-19(28)24(2)3)21-11-15-10-18(27)26(14-15)16-7-8-16;/h15-17H,4-14H2,1-3H3,(H2,21,22,23);1H. The summed E-state index contributed by atoms with van der Waals surface area (Å²) in [6.07, 6.45) is 5.35. The zero-order chi connectivity index (χ0) is 20.1.